The van der Waals surface area contributed by atoms with Gasteiger partial charge in [0.05, 0.1) is 17.0 Å². The Labute approximate surface area is 160 Å². The topological polar surface area (TPSA) is 44.5 Å². The quantitative estimate of drug-likeness (QED) is 0.387. The molecular formula is C21H26FNO3Si. The van der Waals surface area contributed by atoms with Crippen molar-refractivity contribution in [2.24, 2.45) is 0 Å². The molecular weight excluding hydrogens is 361 g/mol. The van der Waals surface area contributed by atoms with Gasteiger partial charge in [0.25, 0.3) is 0 Å². The fourth-order valence-electron chi connectivity index (χ4n) is 3.76. The van der Waals surface area contributed by atoms with Crippen molar-refractivity contribution in [1.82, 2.24) is 4.98 Å². The number of fused-ring (bicyclic) bond motifs is 1. The lowest BCUT2D eigenvalue weighted by molar-refractivity contribution is 0.0494. The summed E-state index contributed by atoms with van der Waals surface area (Å²) in [5.74, 6) is -0.372. The summed E-state index contributed by atoms with van der Waals surface area (Å²) in [5, 5.41) is 1.58. The van der Waals surface area contributed by atoms with Crippen LogP contribution in [0.5, 0.6) is 5.75 Å². The maximum Gasteiger partial charge on any atom is 0.230 e. The van der Waals surface area contributed by atoms with Gasteiger partial charge >= 0.3 is 0 Å². The van der Waals surface area contributed by atoms with Gasteiger partial charge in [-0.15, -0.1) is 0 Å². The largest absolute Gasteiger partial charge is 0.464 e. The zero-order valence-corrected chi connectivity index (χ0v) is 17.3. The number of benzene rings is 1. The van der Waals surface area contributed by atoms with E-state index < -0.39 is 13.9 Å². The van der Waals surface area contributed by atoms with Crippen molar-refractivity contribution in [3.05, 3.63) is 42.3 Å². The molecule has 0 spiro atoms. The van der Waals surface area contributed by atoms with Gasteiger partial charge in [-0.1, -0.05) is 69.2 Å². The monoisotopic (exact) mass is 387 g/mol. The summed E-state index contributed by atoms with van der Waals surface area (Å²) >= 11 is 0. The number of hydrogen-bond donors (Lipinski definition) is 0. The van der Waals surface area contributed by atoms with Crippen LogP contribution in [0, 0.1) is 5.82 Å². The fourth-order valence-corrected chi connectivity index (χ4v) is 7.33. The molecule has 27 heavy (non-hydrogen) atoms. The van der Waals surface area contributed by atoms with Crippen LogP contribution in [0.1, 0.15) is 20.8 Å². The van der Waals surface area contributed by atoms with Gasteiger partial charge in [-0.05, 0) is 5.56 Å². The van der Waals surface area contributed by atoms with Crippen LogP contribution >= 0.6 is 0 Å². The molecule has 0 saturated carbocycles. The van der Waals surface area contributed by atoms with Crippen molar-refractivity contribution in [1.29, 1.82) is 0 Å². The van der Waals surface area contributed by atoms with Crippen molar-refractivity contribution in [2.75, 3.05) is 13.9 Å². The molecule has 2 aromatic heterocycles. The maximum absolute atomic E-state index is 14.6. The number of halogens is 1. The molecule has 0 atom stereocenters. The van der Waals surface area contributed by atoms with E-state index in [2.05, 4.69) is 25.8 Å². The summed E-state index contributed by atoms with van der Waals surface area (Å²) in [6.07, 6.45) is 1.16. The summed E-state index contributed by atoms with van der Waals surface area (Å²) in [6.45, 7) is 6.62. The molecule has 3 aromatic rings. The predicted molar refractivity (Wildman–Crippen MR) is 109 cm³/mol. The first kappa shape index (κ1) is 19.6. The number of rotatable bonds is 8. The minimum Gasteiger partial charge on any atom is -0.464 e. The third-order valence-corrected chi connectivity index (χ3v) is 10.9. The van der Waals surface area contributed by atoms with Gasteiger partial charge in [0.1, 0.15) is 8.07 Å². The Hall–Kier alpha value is -2.18. The molecule has 0 amide bonds. The molecule has 0 unspecified atom stereocenters. The number of pyridine rings is 1. The van der Waals surface area contributed by atoms with E-state index in [9.17, 15) is 4.39 Å². The third kappa shape index (κ3) is 3.39. The van der Waals surface area contributed by atoms with Crippen LogP contribution in [0.4, 0.5) is 4.39 Å². The highest BCUT2D eigenvalue weighted by atomic mass is 28.3. The number of furan rings is 1. The summed E-state index contributed by atoms with van der Waals surface area (Å²) < 4.78 is 31.6. The number of nitrogens with zero attached hydrogens (tertiary/aromatic N) is 1. The Morgan fingerprint density at radius 2 is 1.74 bits per heavy atom. The van der Waals surface area contributed by atoms with Gasteiger partial charge in [0.2, 0.25) is 5.71 Å². The van der Waals surface area contributed by atoms with E-state index in [-0.39, 0.29) is 12.5 Å². The second-order valence-corrected chi connectivity index (χ2v) is 11.8. The zero-order chi connectivity index (χ0) is 19.4. The number of methoxy groups -OCH3 is 1. The van der Waals surface area contributed by atoms with Crippen LogP contribution < -0.4 is 10.1 Å². The van der Waals surface area contributed by atoms with Crippen molar-refractivity contribution < 1.29 is 18.3 Å². The molecule has 2 heterocycles. The lowest BCUT2D eigenvalue weighted by Crippen LogP contribution is -2.45. The molecule has 3 rings (SSSR count). The second-order valence-electron chi connectivity index (χ2n) is 6.68. The van der Waals surface area contributed by atoms with Crippen LogP contribution in [0.15, 0.2) is 40.9 Å². The molecule has 0 radical (unpaired) electrons. The first-order chi connectivity index (χ1) is 13.1. The van der Waals surface area contributed by atoms with Gasteiger partial charge in [0, 0.05) is 12.7 Å². The lowest BCUT2D eigenvalue weighted by Gasteiger charge is -2.26. The smallest absolute Gasteiger partial charge is 0.230 e. The van der Waals surface area contributed by atoms with E-state index in [1.165, 1.54) is 7.11 Å². The van der Waals surface area contributed by atoms with E-state index >= 15 is 0 Å². The second kappa shape index (κ2) is 8.23. The molecule has 6 heteroatoms. The van der Waals surface area contributed by atoms with Gasteiger partial charge in [0.15, 0.2) is 18.4 Å². The molecule has 4 nitrogen and oxygen atoms in total. The van der Waals surface area contributed by atoms with E-state index in [0.29, 0.717) is 11.1 Å². The Morgan fingerprint density at radius 1 is 1.07 bits per heavy atom. The Kier molecular flexibility index (Phi) is 5.97. The van der Waals surface area contributed by atoms with E-state index in [1.807, 2.05) is 30.3 Å². The van der Waals surface area contributed by atoms with Crippen molar-refractivity contribution in [3.8, 4) is 16.9 Å². The van der Waals surface area contributed by atoms with E-state index in [4.69, 9.17) is 13.9 Å². The number of aromatic nitrogens is 1. The van der Waals surface area contributed by atoms with Crippen molar-refractivity contribution in [3.63, 3.8) is 0 Å². The Morgan fingerprint density at radius 3 is 2.33 bits per heavy atom. The SMILES string of the molecule is CC[Si](CC)(CC)c1oc2ncc(F)c(OCOC)c2c1-c1ccccc1. The van der Waals surface area contributed by atoms with Crippen molar-refractivity contribution >= 4 is 24.6 Å². The average molecular weight is 388 g/mol. The molecule has 0 N–H and O–H groups in total. The highest BCUT2D eigenvalue weighted by Gasteiger charge is 2.38. The van der Waals surface area contributed by atoms with E-state index in [1.54, 1.807) is 0 Å². The molecule has 1 aromatic carbocycles. The Balaban J connectivity index is 2.40. The molecule has 0 saturated heterocycles. The van der Waals surface area contributed by atoms with Gasteiger partial charge in [-0.25, -0.2) is 9.37 Å². The zero-order valence-electron chi connectivity index (χ0n) is 16.3. The Bertz CT molecular complexity index is 898. The standard InChI is InChI=1S/C21H26FNO3Si/c1-5-27(6-2,7-3)21-17(15-11-9-8-10-12-15)18-19(25-14-24-4)16(22)13-23-20(18)26-21/h8-13H,5-7,14H2,1-4H3. The lowest BCUT2D eigenvalue weighted by atomic mass is 10.1. The maximum atomic E-state index is 14.6. The number of hydrogen-bond acceptors (Lipinski definition) is 4. The normalized spacial score (nSPS) is 11.9. The minimum atomic E-state index is -1.89. The van der Waals surface area contributed by atoms with E-state index in [0.717, 1.165) is 40.8 Å². The summed E-state index contributed by atoms with van der Waals surface area (Å²) in [6, 6.07) is 13.1. The molecule has 144 valence electrons. The van der Waals surface area contributed by atoms with Gasteiger partial charge < -0.3 is 13.9 Å². The summed E-state index contributed by atoms with van der Waals surface area (Å²) in [5.41, 5.74) is 2.33. The first-order valence-electron chi connectivity index (χ1n) is 9.40. The van der Waals surface area contributed by atoms with Gasteiger partial charge in [-0.2, -0.15) is 0 Å². The number of ether oxygens (including phenoxy) is 2. The summed E-state index contributed by atoms with van der Waals surface area (Å²) in [7, 11) is -0.379. The predicted octanol–water partition coefficient (Wildman–Crippen LogP) is 5.33. The molecule has 0 aliphatic rings. The van der Waals surface area contributed by atoms with Crippen LogP contribution in [-0.4, -0.2) is 27.0 Å². The first-order valence-corrected chi connectivity index (χ1v) is 12.0. The average Bonchev–Trinajstić information content (AvgIpc) is 3.10. The molecule has 0 aliphatic carbocycles. The molecule has 0 bridgehead atoms. The molecule has 0 fully saturated rings. The third-order valence-electron chi connectivity index (χ3n) is 5.52. The van der Waals surface area contributed by atoms with Crippen LogP contribution in [0.25, 0.3) is 22.2 Å². The van der Waals surface area contributed by atoms with Crippen molar-refractivity contribution in [2.45, 2.75) is 38.9 Å². The van der Waals surface area contributed by atoms with Crippen LogP contribution in [-0.2, 0) is 4.74 Å². The minimum absolute atomic E-state index is 0.0390. The fraction of sp³-hybridized carbons (Fsp3) is 0.381. The highest BCUT2D eigenvalue weighted by molar-refractivity contribution is 6.92. The van der Waals surface area contributed by atoms with Gasteiger partial charge in [-0.3, -0.25) is 0 Å². The molecule has 0 aliphatic heterocycles. The van der Waals surface area contributed by atoms with Crippen LogP contribution in [0.2, 0.25) is 18.1 Å². The van der Waals surface area contributed by atoms with Crippen LogP contribution in [0.3, 0.4) is 0 Å². The summed E-state index contributed by atoms with van der Waals surface area (Å²) in [4.78, 5) is 4.23. The highest BCUT2D eigenvalue weighted by Crippen LogP contribution is 2.39.